The quantitative estimate of drug-likeness (QED) is 0.446. The Bertz CT molecular complexity index is 1230. The monoisotopic (exact) mass is 440 g/mol. The number of nitrogens with zero attached hydrogens (tertiary/aromatic N) is 2. The van der Waals surface area contributed by atoms with Gasteiger partial charge in [0.05, 0.1) is 29.7 Å². The lowest BCUT2D eigenvalue weighted by molar-refractivity contribution is -0.137. The number of fused-ring (bicyclic) bond motifs is 1. The molecule has 32 heavy (non-hydrogen) atoms. The molecule has 0 unspecified atom stereocenters. The number of imidazole rings is 1. The Kier molecular flexibility index (Phi) is 5.83. The number of carbonyl (C=O) groups excluding carboxylic acids is 1. The Morgan fingerprint density at radius 1 is 0.969 bits per heavy atom. The van der Waals surface area contributed by atoms with E-state index in [2.05, 4.69) is 10.3 Å². The number of amides is 1. The van der Waals surface area contributed by atoms with Crippen LogP contribution in [0.5, 0.6) is 11.5 Å². The minimum Gasteiger partial charge on any atom is -0.457 e. The zero-order chi connectivity index (χ0) is 22.7. The number of nitrogens with one attached hydrogen (secondary N) is 1. The molecule has 0 spiro atoms. The third-order valence-electron chi connectivity index (χ3n) is 4.72. The van der Waals surface area contributed by atoms with E-state index in [0.29, 0.717) is 23.9 Å². The van der Waals surface area contributed by atoms with Crippen molar-refractivity contribution in [3.63, 3.8) is 0 Å². The van der Waals surface area contributed by atoms with Gasteiger partial charge in [0.25, 0.3) is 0 Å². The molecule has 4 aromatic rings. The molecule has 0 fully saturated rings. The molecule has 164 valence electrons. The summed E-state index contributed by atoms with van der Waals surface area (Å²) in [6.07, 6.45) is -4.39. The van der Waals surface area contributed by atoms with E-state index in [1.807, 2.05) is 41.0 Å². The standard InChI is InChI=1S/C23H19F3N4O2/c24-23(25,26)15-5-9-17(10-6-15)32-18-11-7-16(8-12-18)30-20-4-2-1-3-19(20)29-22(30)14-28-13-21(27)31/h1-12,28H,13-14H2,(H2,27,31). The Hall–Kier alpha value is -3.85. The van der Waals surface area contributed by atoms with Gasteiger partial charge >= 0.3 is 6.18 Å². The molecule has 0 radical (unpaired) electrons. The summed E-state index contributed by atoms with van der Waals surface area (Å²) in [6.45, 7) is 0.366. The predicted molar refractivity (Wildman–Crippen MR) is 113 cm³/mol. The van der Waals surface area contributed by atoms with Crippen molar-refractivity contribution < 1.29 is 22.7 Å². The zero-order valence-electron chi connectivity index (χ0n) is 16.8. The summed E-state index contributed by atoms with van der Waals surface area (Å²) in [7, 11) is 0. The van der Waals surface area contributed by atoms with Crippen molar-refractivity contribution in [1.82, 2.24) is 14.9 Å². The second kappa shape index (κ2) is 8.72. The van der Waals surface area contributed by atoms with E-state index in [1.165, 1.54) is 12.1 Å². The number of carbonyl (C=O) groups is 1. The fourth-order valence-corrected chi connectivity index (χ4v) is 3.29. The molecule has 6 nitrogen and oxygen atoms in total. The number of halogens is 3. The van der Waals surface area contributed by atoms with E-state index in [-0.39, 0.29) is 6.54 Å². The number of hydrogen-bond acceptors (Lipinski definition) is 4. The highest BCUT2D eigenvalue weighted by molar-refractivity contribution is 5.78. The van der Waals surface area contributed by atoms with E-state index >= 15 is 0 Å². The van der Waals surface area contributed by atoms with E-state index in [0.717, 1.165) is 28.9 Å². The second-order valence-electron chi connectivity index (χ2n) is 7.04. The van der Waals surface area contributed by atoms with Crippen molar-refractivity contribution in [2.45, 2.75) is 12.7 Å². The topological polar surface area (TPSA) is 82.2 Å². The molecular formula is C23H19F3N4O2. The Morgan fingerprint density at radius 2 is 1.59 bits per heavy atom. The number of primary amides is 1. The van der Waals surface area contributed by atoms with Gasteiger partial charge in [-0.05, 0) is 60.7 Å². The van der Waals surface area contributed by atoms with Crippen LogP contribution >= 0.6 is 0 Å². The van der Waals surface area contributed by atoms with Crippen molar-refractivity contribution >= 4 is 16.9 Å². The summed E-state index contributed by atoms with van der Waals surface area (Å²) in [5.41, 5.74) is 6.96. The molecule has 0 saturated carbocycles. The first-order valence-corrected chi connectivity index (χ1v) is 9.72. The Labute approximate surface area is 181 Å². The van der Waals surface area contributed by atoms with E-state index < -0.39 is 17.6 Å². The van der Waals surface area contributed by atoms with Gasteiger partial charge in [-0.15, -0.1) is 0 Å². The van der Waals surface area contributed by atoms with E-state index in [9.17, 15) is 18.0 Å². The SMILES string of the molecule is NC(=O)CNCc1nc2ccccc2n1-c1ccc(Oc2ccc(C(F)(F)F)cc2)cc1. The summed E-state index contributed by atoms with van der Waals surface area (Å²) >= 11 is 0. The number of rotatable bonds is 7. The van der Waals surface area contributed by atoms with Gasteiger partial charge in [0.1, 0.15) is 17.3 Å². The molecule has 1 aromatic heterocycles. The first-order valence-electron chi connectivity index (χ1n) is 9.72. The lowest BCUT2D eigenvalue weighted by Crippen LogP contribution is -2.29. The van der Waals surface area contributed by atoms with Crippen LogP contribution in [-0.2, 0) is 17.5 Å². The maximum absolute atomic E-state index is 12.7. The van der Waals surface area contributed by atoms with Gasteiger partial charge in [-0.2, -0.15) is 13.2 Å². The van der Waals surface area contributed by atoms with Crippen molar-refractivity contribution in [1.29, 1.82) is 0 Å². The fourth-order valence-electron chi connectivity index (χ4n) is 3.29. The molecule has 0 bridgehead atoms. The molecule has 9 heteroatoms. The summed E-state index contributed by atoms with van der Waals surface area (Å²) in [6, 6.07) is 19.2. The Balaban J connectivity index is 1.58. The van der Waals surface area contributed by atoms with Crippen molar-refractivity contribution in [2.24, 2.45) is 5.73 Å². The van der Waals surface area contributed by atoms with Crippen LogP contribution in [-0.4, -0.2) is 22.0 Å². The number of aromatic nitrogens is 2. The third kappa shape index (κ3) is 4.73. The van der Waals surface area contributed by atoms with E-state index in [4.69, 9.17) is 10.5 Å². The van der Waals surface area contributed by atoms with Crippen LogP contribution in [0, 0.1) is 0 Å². The number of hydrogen-bond donors (Lipinski definition) is 2. The van der Waals surface area contributed by atoms with Crippen LogP contribution in [0.1, 0.15) is 11.4 Å². The van der Waals surface area contributed by atoms with Crippen LogP contribution in [0.3, 0.4) is 0 Å². The number of para-hydroxylation sites is 2. The smallest absolute Gasteiger partial charge is 0.416 e. The largest absolute Gasteiger partial charge is 0.457 e. The van der Waals surface area contributed by atoms with Crippen molar-refractivity contribution in [3.8, 4) is 17.2 Å². The summed E-state index contributed by atoms with van der Waals surface area (Å²) < 4.78 is 45.8. The van der Waals surface area contributed by atoms with E-state index in [1.54, 1.807) is 12.1 Å². The van der Waals surface area contributed by atoms with Crippen molar-refractivity contribution in [3.05, 3.63) is 84.2 Å². The van der Waals surface area contributed by atoms with Gasteiger partial charge in [-0.25, -0.2) is 4.98 Å². The van der Waals surface area contributed by atoms with Gasteiger partial charge < -0.3 is 15.8 Å². The fraction of sp³-hybridized carbons (Fsp3) is 0.130. The lowest BCUT2D eigenvalue weighted by atomic mass is 10.2. The van der Waals surface area contributed by atoms with Crippen LogP contribution in [0.25, 0.3) is 16.7 Å². The summed E-state index contributed by atoms with van der Waals surface area (Å²) in [4.78, 5) is 15.7. The molecule has 0 saturated heterocycles. The number of benzene rings is 3. The Morgan fingerprint density at radius 3 is 2.22 bits per heavy atom. The predicted octanol–water partition coefficient (Wildman–Crippen LogP) is 4.41. The second-order valence-corrected chi connectivity index (χ2v) is 7.04. The highest BCUT2D eigenvalue weighted by Gasteiger charge is 2.30. The lowest BCUT2D eigenvalue weighted by Gasteiger charge is -2.12. The highest BCUT2D eigenvalue weighted by Crippen LogP contribution is 2.32. The minimum absolute atomic E-state index is 0.0309. The minimum atomic E-state index is -4.39. The molecular weight excluding hydrogens is 421 g/mol. The highest BCUT2D eigenvalue weighted by atomic mass is 19.4. The maximum Gasteiger partial charge on any atom is 0.416 e. The van der Waals surface area contributed by atoms with Crippen LogP contribution in [0.2, 0.25) is 0 Å². The van der Waals surface area contributed by atoms with Gasteiger partial charge in [0, 0.05) is 5.69 Å². The molecule has 3 N–H and O–H groups in total. The number of nitrogens with two attached hydrogens (primary N) is 1. The summed E-state index contributed by atoms with van der Waals surface area (Å²) in [5, 5.41) is 2.97. The average molecular weight is 440 g/mol. The molecule has 4 rings (SSSR count). The van der Waals surface area contributed by atoms with Gasteiger partial charge in [-0.1, -0.05) is 12.1 Å². The third-order valence-corrected chi connectivity index (χ3v) is 4.72. The number of alkyl halides is 3. The molecule has 1 heterocycles. The van der Waals surface area contributed by atoms with Crippen molar-refractivity contribution in [2.75, 3.05) is 6.54 Å². The average Bonchev–Trinajstić information content (AvgIpc) is 3.12. The molecule has 0 aliphatic heterocycles. The first kappa shape index (κ1) is 21.4. The first-order chi connectivity index (χ1) is 15.3. The molecule has 0 aliphatic rings. The zero-order valence-corrected chi connectivity index (χ0v) is 16.8. The van der Waals surface area contributed by atoms with Gasteiger partial charge in [0.2, 0.25) is 5.91 Å². The van der Waals surface area contributed by atoms with Gasteiger partial charge in [-0.3, -0.25) is 9.36 Å². The number of ether oxygens (including phenoxy) is 1. The van der Waals surface area contributed by atoms with Crippen LogP contribution in [0.15, 0.2) is 72.8 Å². The molecule has 3 aromatic carbocycles. The normalized spacial score (nSPS) is 11.6. The molecule has 0 aliphatic carbocycles. The van der Waals surface area contributed by atoms with Crippen LogP contribution in [0.4, 0.5) is 13.2 Å². The summed E-state index contributed by atoms with van der Waals surface area (Å²) in [5.74, 6) is 1.02. The molecule has 1 amide bonds. The van der Waals surface area contributed by atoms with Gasteiger partial charge in [0.15, 0.2) is 0 Å². The molecule has 0 atom stereocenters. The van der Waals surface area contributed by atoms with Crippen LogP contribution < -0.4 is 15.8 Å². The maximum atomic E-state index is 12.7.